The summed E-state index contributed by atoms with van der Waals surface area (Å²) in [5.41, 5.74) is 0.429. The predicted molar refractivity (Wildman–Crippen MR) is 55.9 cm³/mol. The Bertz CT molecular complexity index is 527. The number of carbonyl (C=O) groups excluding carboxylic acids is 1. The third kappa shape index (κ3) is 1.65. The van der Waals surface area contributed by atoms with Crippen LogP contribution >= 0.6 is 0 Å². The van der Waals surface area contributed by atoms with E-state index in [1.165, 1.54) is 6.92 Å². The molecule has 5 heteroatoms. The molecule has 0 saturated carbocycles. The van der Waals surface area contributed by atoms with E-state index in [4.69, 9.17) is 4.42 Å². The van der Waals surface area contributed by atoms with Crippen molar-refractivity contribution in [2.75, 3.05) is 0 Å². The van der Waals surface area contributed by atoms with E-state index in [-0.39, 0.29) is 23.3 Å². The normalized spacial score (nSPS) is 16.6. The summed E-state index contributed by atoms with van der Waals surface area (Å²) in [6.45, 7) is 5.10. The summed E-state index contributed by atoms with van der Waals surface area (Å²) in [5.74, 6) is -0.136. The minimum absolute atomic E-state index is 0.238. The molecule has 1 aromatic heterocycles. The number of hydrogen-bond donors (Lipinski definition) is 2. The Morgan fingerprint density at radius 1 is 1.56 bits per heavy atom. The van der Waals surface area contributed by atoms with E-state index in [0.717, 1.165) is 6.07 Å². The van der Waals surface area contributed by atoms with Crippen LogP contribution in [0.15, 0.2) is 27.6 Å². The lowest BCUT2D eigenvalue weighted by atomic mass is 9.98. The molecule has 0 spiro atoms. The molecule has 0 bridgehead atoms. The van der Waals surface area contributed by atoms with Crippen molar-refractivity contribution in [1.82, 2.24) is 5.32 Å². The van der Waals surface area contributed by atoms with Crippen LogP contribution in [-0.4, -0.2) is 11.0 Å². The molecule has 1 aliphatic rings. The molecule has 1 unspecified atom stereocenters. The van der Waals surface area contributed by atoms with Gasteiger partial charge >= 0.3 is 5.63 Å². The second-order valence-corrected chi connectivity index (χ2v) is 3.73. The van der Waals surface area contributed by atoms with Gasteiger partial charge in [-0.3, -0.25) is 4.79 Å². The molecule has 0 radical (unpaired) electrons. The smallest absolute Gasteiger partial charge is 0.336 e. The summed E-state index contributed by atoms with van der Waals surface area (Å²) in [7, 11) is 0. The van der Waals surface area contributed by atoms with Crippen LogP contribution in [0.3, 0.4) is 0 Å². The summed E-state index contributed by atoms with van der Waals surface area (Å²) < 4.78 is 4.94. The highest BCUT2D eigenvalue weighted by Gasteiger charge is 2.26. The number of rotatable bonds is 1. The zero-order valence-corrected chi connectivity index (χ0v) is 8.74. The van der Waals surface area contributed by atoms with Crippen molar-refractivity contribution in [3.8, 4) is 0 Å². The number of carbonyl (C=O) groups is 1. The molecule has 0 saturated heterocycles. The number of aliphatic hydroxyl groups excluding tert-OH is 1. The van der Waals surface area contributed by atoms with Gasteiger partial charge in [0.05, 0.1) is 11.7 Å². The average Bonchev–Trinajstić information content (AvgIpc) is 2.14. The molecule has 1 atom stereocenters. The molecule has 2 rings (SSSR count). The highest BCUT2D eigenvalue weighted by atomic mass is 16.4. The quantitative estimate of drug-likeness (QED) is 0.723. The van der Waals surface area contributed by atoms with Gasteiger partial charge < -0.3 is 14.8 Å². The minimum atomic E-state index is -0.894. The van der Waals surface area contributed by atoms with E-state index in [9.17, 15) is 14.7 Å². The van der Waals surface area contributed by atoms with Crippen LogP contribution in [0.5, 0.6) is 0 Å². The monoisotopic (exact) mass is 221 g/mol. The topological polar surface area (TPSA) is 79.5 Å². The fourth-order valence-corrected chi connectivity index (χ4v) is 1.73. The largest absolute Gasteiger partial charge is 0.427 e. The second-order valence-electron chi connectivity index (χ2n) is 3.73. The van der Waals surface area contributed by atoms with Crippen molar-refractivity contribution >= 4 is 5.91 Å². The van der Waals surface area contributed by atoms with Crippen molar-refractivity contribution in [2.45, 2.75) is 19.4 Å². The zero-order valence-electron chi connectivity index (χ0n) is 8.74. The molecule has 84 valence electrons. The second kappa shape index (κ2) is 3.61. The molecule has 0 aliphatic carbocycles. The summed E-state index contributed by atoms with van der Waals surface area (Å²) >= 11 is 0. The Morgan fingerprint density at radius 3 is 2.88 bits per heavy atom. The number of allylic oxidation sites excluding steroid dienone is 1. The molecule has 0 aromatic carbocycles. The maximum absolute atomic E-state index is 11.7. The van der Waals surface area contributed by atoms with Crippen LogP contribution in [0.4, 0.5) is 0 Å². The first-order chi connectivity index (χ1) is 7.49. The van der Waals surface area contributed by atoms with Crippen molar-refractivity contribution < 1.29 is 14.3 Å². The van der Waals surface area contributed by atoms with Crippen molar-refractivity contribution in [3.05, 3.63) is 45.6 Å². The molecule has 2 heterocycles. The van der Waals surface area contributed by atoms with Gasteiger partial charge in [-0.1, -0.05) is 6.58 Å². The lowest BCUT2D eigenvalue weighted by molar-refractivity contribution is 0.0945. The Hall–Kier alpha value is -1.88. The lowest BCUT2D eigenvalue weighted by Gasteiger charge is -2.20. The third-order valence-electron chi connectivity index (χ3n) is 2.41. The summed E-state index contributed by atoms with van der Waals surface area (Å²) in [4.78, 5) is 22.9. The van der Waals surface area contributed by atoms with Crippen LogP contribution < -0.4 is 10.9 Å². The Kier molecular flexibility index (Phi) is 2.40. The van der Waals surface area contributed by atoms with Gasteiger partial charge in [-0.25, -0.2) is 4.79 Å². The summed E-state index contributed by atoms with van der Waals surface area (Å²) in [5, 5.41) is 12.0. The fourth-order valence-electron chi connectivity index (χ4n) is 1.73. The first-order valence-corrected chi connectivity index (χ1v) is 4.83. The van der Waals surface area contributed by atoms with Gasteiger partial charge in [-0.05, 0) is 6.92 Å². The highest BCUT2D eigenvalue weighted by Crippen LogP contribution is 2.24. The Labute approximate surface area is 91.4 Å². The van der Waals surface area contributed by atoms with E-state index in [1.54, 1.807) is 0 Å². The molecular weight excluding hydrogens is 210 g/mol. The highest BCUT2D eigenvalue weighted by molar-refractivity contribution is 5.99. The molecule has 1 aliphatic heterocycles. The number of amides is 1. The van der Waals surface area contributed by atoms with Gasteiger partial charge in [0, 0.05) is 23.7 Å². The van der Waals surface area contributed by atoms with Crippen LogP contribution in [0.25, 0.3) is 0 Å². The van der Waals surface area contributed by atoms with Crippen molar-refractivity contribution in [1.29, 1.82) is 0 Å². The molecule has 0 fully saturated rings. The molecule has 1 amide bonds. The predicted octanol–water partition coefficient (Wildman–Crippen LogP) is 0.493. The molecule has 1 aromatic rings. The van der Waals surface area contributed by atoms with Crippen molar-refractivity contribution in [3.63, 3.8) is 0 Å². The van der Waals surface area contributed by atoms with Crippen LogP contribution in [0.2, 0.25) is 0 Å². The van der Waals surface area contributed by atoms with Gasteiger partial charge in [-0.15, -0.1) is 0 Å². The Morgan fingerprint density at radius 2 is 2.25 bits per heavy atom. The number of nitrogens with one attached hydrogen (secondary N) is 1. The van der Waals surface area contributed by atoms with E-state index in [2.05, 4.69) is 11.9 Å². The van der Waals surface area contributed by atoms with Crippen LogP contribution in [-0.2, 0) is 6.42 Å². The van der Waals surface area contributed by atoms with Gasteiger partial charge in [0.1, 0.15) is 5.76 Å². The molecular formula is C11H11NO4. The fraction of sp³-hybridized carbons (Fsp3) is 0.273. The zero-order chi connectivity index (χ0) is 11.9. The average molecular weight is 221 g/mol. The maximum atomic E-state index is 11.7. The van der Waals surface area contributed by atoms with E-state index >= 15 is 0 Å². The van der Waals surface area contributed by atoms with E-state index in [0.29, 0.717) is 5.70 Å². The van der Waals surface area contributed by atoms with Gasteiger partial charge in [0.25, 0.3) is 5.91 Å². The third-order valence-corrected chi connectivity index (χ3v) is 2.41. The summed E-state index contributed by atoms with van der Waals surface area (Å²) in [6, 6.07) is 1.14. The SMILES string of the molecule is C=C1Cc2oc(=O)cc(C(C)O)c2C(=O)N1. The first kappa shape index (κ1) is 10.6. The minimum Gasteiger partial charge on any atom is -0.427 e. The molecule has 16 heavy (non-hydrogen) atoms. The van der Waals surface area contributed by atoms with E-state index < -0.39 is 17.6 Å². The molecule has 5 nitrogen and oxygen atoms in total. The van der Waals surface area contributed by atoms with E-state index in [1.807, 2.05) is 0 Å². The van der Waals surface area contributed by atoms with Gasteiger partial charge in [0.15, 0.2) is 0 Å². The molecule has 2 N–H and O–H groups in total. The summed E-state index contributed by atoms with van der Waals surface area (Å²) in [6.07, 6.45) is -0.619. The first-order valence-electron chi connectivity index (χ1n) is 4.83. The number of hydrogen-bond acceptors (Lipinski definition) is 4. The number of fused-ring (bicyclic) bond motifs is 1. The van der Waals surface area contributed by atoms with Crippen LogP contribution in [0.1, 0.15) is 34.7 Å². The van der Waals surface area contributed by atoms with Crippen LogP contribution in [0, 0.1) is 0 Å². The van der Waals surface area contributed by atoms with Gasteiger partial charge in [-0.2, -0.15) is 0 Å². The van der Waals surface area contributed by atoms with Gasteiger partial charge in [0.2, 0.25) is 0 Å². The standard InChI is InChI=1S/C11H11NO4/c1-5-3-8-10(11(15)12-5)7(6(2)13)4-9(14)16-8/h4,6,13H,1,3H2,2H3,(H,12,15). The number of aliphatic hydroxyl groups is 1. The Balaban J connectivity index is 2.70. The van der Waals surface area contributed by atoms with Crippen molar-refractivity contribution in [2.24, 2.45) is 0 Å². The lowest BCUT2D eigenvalue weighted by Crippen LogP contribution is -2.32. The maximum Gasteiger partial charge on any atom is 0.336 e.